The summed E-state index contributed by atoms with van der Waals surface area (Å²) in [7, 11) is 0. The first-order valence-electron chi connectivity index (χ1n) is 10.9. The fourth-order valence-corrected chi connectivity index (χ4v) is 6.16. The van der Waals surface area contributed by atoms with Gasteiger partial charge in [-0.2, -0.15) is 0 Å². The summed E-state index contributed by atoms with van der Waals surface area (Å²) in [5.74, 6) is 0.563. The van der Waals surface area contributed by atoms with Crippen molar-refractivity contribution in [3.8, 4) is 0 Å². The third kappa shape index (κ3) is 2.64. The molecule has 27 heavy (non-hydrogen) atoms. The molecule has 0 amide bonds. The highest BCUT2D eigenvalue weighted by Gasteiger charge is 2.47. The van der Waals surface area contributed by atoms with Crippen molar-refractivity contribution in [3.63, 3.8) is 0 Å². The van der Waals surface area contributed by atoms with E-state index in [-0.39, 0.29) is 5.41 Å². The molecule has 0 bridgehead atoms. The summed E-state index contributed by atoms with van der Waals surface area (Å²) in [6, 6.07) is 22.6. The van der Waals surface area contributed by atoms with Crippen molar-refractivity contribution >= 4 is 0 Å². The van der Waals surface area contributed by atoms with Crippen LogP contribution in [-0.2, 0) is 5.41 Å². The van der Waals surface area contributed by atoms with Crippen molar-refractivity contribution in [2.24, 2.45) is 5.92 Å². The summed E-state index contributed by atoms with van der Waals surface area (Å²) in [5, 5.41) is 0. The zero-order valence-electron chi connectivity index (χ0n) is 16.5. The van der Waals surface area contributed by atoms with Gasteiger partial charge in [0.05, 0.1) is 0 Å². The number of benzene rings is 2. The molecule has 2 aromatic rings. The fraction of sp³-hybridized carbons (Fsp3) is 0.407. The SMILES string of the molecule is CC(c1ccccc1)(c1ccccc1)C1C2=C(CCCC2)C2=C1CCCC2. The number of hydrogen-bond acceptors (Lipinski definition) is 0. The van der Waals surface area contributed by atoms with Crippen molar-refractivity contribution in [3.05, 3.63) is 94.1 Å². The van der Waals surface area contributed by atoms with Crippen LogP contribution in [0.2, 0.25) is 0 Å². The second kappa shape index (κ2) is 6.82. The zero-order chi connectivity index (χ0) is 18.3. The monoisotopic (exact) mass is 354 g/mol. The maximum absolute atomic E-state index is 2.52. The maximum Gasteiger partial charge on any atom is 0.0277 e. The first kappa shape index (κ1) is 17.0. The average Bonchev–Trinajstić information content (AvgIpc) is 3.09. The standard InChI is InChI=1S/C27H30/c1-27(20-12-4-2-5-13-20,21-14-6-3-7-15-21)26-24-18-10-8-16-22(24)23-17-9-11-19-25(23)26/h2-7,12-15,26H,8-11,16-19H2,1H3. The Morgan fingerprint density at radius 2 is 1.00 bits per heavy atom. The van der Waals surface area contributed by atoms with Gasteiger partial charge in [-0.05, 0) is 73.6 Å². The Bertz CT molecular complexity index is 811. The van der Waals surface area contributed by atoms with E-state index in [1.165, 1.54) is 62.5 Å². The minimum atomic E-state index is 0.0227. The third-order valence-electron chi connectivity index (χ3n) is 7.41. The molecule has 0 heteroatoms. The van der Waals surface area contributed by atoms with Crippen LogP contribution in [0.4, 0.5) is 0 Å². The molecule has 0 atom stereocenters. The summed E-state index contributed by atoms with van der Waals surface area (Å²) < 4.78 is 0. The second-order valence-corrected chi connectivity index (χ2v) is 8.79. The molecule has 5 rings (SSSR count). The highest BCUT2D eigenvalue weighted by Crippen LogP contribution is 2.57. The summed E-state index contributed by atoms with van der Waals surface area (Å²) >= 11 is 0. The lowest BCUT2D eigenvalue weighted by atomic mass is 9.61. The van der Waals surface area contributed by atoms with E-state index in [1.54, 1.807) is 22.3 Å². The molecule has 2 aromatic carbocycles. The molecule has 0 aromatic heterocycles. The van der Waals surface area contributed by atoms with Crippen LogP contribution >= 0.6 is 0 Å². The molecule has 3 aliphatic rings. The molecule has 3 aliphatic carbocycles. The van der Waals surface area contributed by atoms with Crippen LogP contribution in [0.3, 0.4) is 0 Å². The van der Waals surface area contributed by atoms with E-state index in [0.29, 0.717) is 5.92 Å². The van der Waals surface area contributed by atoms with Crippen LogP contribution in [0.1, 0.15) is 69.4 Å². The van der Waals surface area contributed by atoms with Gasteiger partial charge in [-0.25, -0.2) is 0 Å². The lowest BCUT2D eigenvalue weighted by Crippen LogP contribution is -2.35. The molecule has 0 radical (unpaired) electrons. The molecule has 0 saturated carbocycles. The minimum absolute atomic E-state index is 0.0227. The van der Waals surface area contributed by atoms with Gasteiger partial charge < -0.3 is 0 Å². The Morgan fingerprint density at radius 1 is 0.593 bits per heavy atom. The van der Waals surface area contributed by atoms with E-state index in [1.807, 2.05) is 0 Å². The first-order chi connectivity index (χ1) is 13.3. The van der Waals surface area contributed by atoms with Crippen LogP contribution in [0, 0.1) is 5.92 Å². The number of allylic oxidation sites excluding steroid dienone is 4. The van der Waals surface area contributed by atoms with Gasteiger partial charge in [-0.1, -0.05) is 78.7 Å². The molecule has 0 N–H and O–H groups in total. The van der Waals surface area contributed by atoms with Gasteiger partial charge >= 0.3 is 0 Å². The van der Waals surface area contributed by atoms with E-state index >= 15 is 0 Å². The van der Waals surface area contributed by atoms with Crippen LogP contribution in [0.25, 0.3) is 0 Å². The Kier molecular flexibility index (Phi) is 4.31. The first-order valence-corrected chi connectivity index (χ1v) is 10.9. The van der Waals surface area contributed by atoms with Crippen LogP contribution in [0.5, 0.6) is 0 Å². The molecule has 0 heterocycles. The Balaban J connectivity index is 1.75. The van der Waals surface area contributed by atoms with Crippen molar-refractivity contribution in [2.45, 2.75) is 63.7 Å². The van der Waals surface area contributed by atoms with E-state index in [4.69, 9.17) is 0 Å². The zero-order valence-corrected chi connectivity index (χ0v) is 16.5. The van der Waals surface area contributed by atoms with Gasteiger partial charge in [0, 0.05) is 11.3 Å². The average molecular weight is 355 g/mol. The van der Waals surface area contributed by atoms with E-state index in [2.05, 4.69) is 67.6 Å². The lowest BCUT2D eigenvalue weighted by Gasteiger charge is -2.41. The quantitative estimate of drug-likeness (QED) is 0.540. The molecule has 0 fully saturated rings. The van der Waals surface area contributed by atoms with Gasteiger partial charge in [0.25, 0.3) is 0 Å². The maximum atomic E-state index is 2.52. The molecular formula is C27H30. The molecule has 0 spiro atoms. The smallest absolute Gasteiger partial charge is 0.0277 e. The van der Waals surface area contributed by atoms with Gasteiger partial charge in [0.15, 0.2) is 0 Å². The van der Waals surface area contributed by atoms with Gasteiger partial charge in [0.1, 0.15) is 0 Å². The van der Waals surface area contributed by atoms with Crippen molar-refractivity contribution in [1.82, 2.24) is 0 Å². The molecule has 138 valence electrons. The van der Waals surface area contributed by atoms with Crippen LogP contribution in [-0.4, -0.2) is 0 Å². The number of hydrogen-bond donors (Lipinski definition) is 0. The van der Waals surface area contributed by atoms with Gasteiger partial charge in [0.2, 0.25) is 0 Å². The second-order valence-electron chi connectivity index (χ2n) is 8.79. The van der Waals surface area contributed by atoms with Gasteiger partial charge in [-0.15, -0.1) is 0 Å². The van der Waals surface area contributed by atoms with E-state index < -0.39 is 0 Å². The molecule has 0 nitrogen and oxygen atoms in total. The predicted molar refractivity (Wildman–Crippen MR) is 114 cm³/mol. The molecule has 0 unspecified atom stereocenters. The topological polar surface area (TPSA) is 0 Å². The number of rotatable bonds is 3. The van der Waals surface area contributed by atoms with E-state index in [9.17, 15) is 0 Å². The van der Waals surface area contributed by atoms with Crippen LogP contribution < -0.4 is 0 Å². The molecular weight excluding hydrogens is 324 g/mol. The lowest BCUT2D eigenvalue weighted by molar-refractivity contribution is 0.416. The summed E-state index contributed by atoms with van der Waals surface area (Å²) in [6.45, 7) is 2.52. The fourth-order valence-electron chi connectivity index (χ4n) is 6.16. The summed E-state index contributed by atoms with van der Waals surface area (Å²) in [6.07, 6.45) is 10.8. The summed E-state index contributed by atoms with van der Waals surface area (Å²) in [5.41, 5.74) is 10.1. The Labute approximate surface area is 164 Å². The van der Waals surface area contributed by atoms with Crippen molar-refractivity contribution < 1.29 is 0 Å². The predicted octanol–water partition coefficient (Wildman–Crippen LogP) is 7.36. The van der Waals surface area contributed by atoms with Gasteiger partial charge in [-0.3, -0.25) is 0 Å². The highest BCUT2D eigenvalue weighted by atomic mass is 14.5. The Hall–Kier alpha value is -2.08. The molecule has 0 aliphatic heterocycles. The summed E-state index contributed by atoms with van der Waals surface area (Å²) in [4.78, 5) is 0. The normalized spacial score (nSPS) is 20.6. The Morgan fingerprint density at radius 3 is 1.44 bits per heavy atom. The minimum Gasteiger partial charge on any atom is -0.0622 e. The highest BCUT2D eigenvalue weighted by molar-refractivity contribution is 5.57. The number of fused-ring (bicyclic) bond motifs is 1. The van der Waals surface area contributed by atoms with Crippen molar-refractivity contribution in [1.29, 1.82) is 0 Å². The van der Waals surface area contributed by atoms with E-state index in [0.717, 1.165) is 0 Å². The third-order valence-corrected chi connectivity index (χ3v) is 7.41. The molecule has 0 saturated heterocycles. The largest absolute Gasteiger partial charge is 0.0622 e. The van der Waals surface area contributed by atoms with Crippen LogP contribution in [0.15, 0.2) is 83.0 Å². The van der Waals surface area contributed by atoms with Crippen molar-refractivity contribution in [2.75, 3.05) is 0 Å².